The Balaban J connectivity index is 2.24. The maximum Gasteiger partial charge on any atom is 0.0760 e. The largest absolute Gasteiger partial charge is 0.371 e. The predicted molar refractivity (Wildman–Crippen MR) is 41.8 cm³/mol. The van der Waals surface area contributed by atoms with Gasteiger partial charge in [-0.05, 0) is 19.8 Å². The fraction of sp³-hybridized carbons (Fsp3) is 0.750. The van der Waals surface area contributed by atoms with Crippen molar-refractivity contribution in [2.45, 2.75) is 32.0 Å². The SMILES string of the molecule is CC1CCC(/C=C/CN)O1. The van der Waals surface area contributed by atoms with Crippen molar-refractivity contribution in [1.29, 1.82) is 0 Å². The van der Waals surface area contributed by atoms with Crippen molar-refractivity contribution in [3.05, 3.63) is 12.2 Å². The van der Waals surface area contributed by atoms with Gasteiger partial charge in [-0.25, -0.2) is 0 Å². The summed E-state index contributed by atoms with van der Waals surface area (Å²) in [6.45, 7) is 2.73. The molecular formula is C8H15NO. The van der Waals surface area contributed by atoms with Gasteiger partial charge in [0.05, 0.1) is 12.2 Å². The first kappa shape index (κ1) is 7.76. The smallest absolute Gasteiger partial charge is 0.0760 e. The first-order chi connectivity index (χ1) is 4.83. The highest BCUT2D eigenvalue weighted by atomic mass is 16.5. The van der Waals surface area contributed by atoms with Crippen molar-refractivity contribution in [3.63, 3.8) is 0 Å². The summed E-state index contributed by atoms with van der Waals surface area (Å²) < 4.78 is 5.52. The summed E-state index contributed by atoms with van der Waals surface area (Å²) in [5, 5.41) is 0. The van der Waals surface area contributed by atoms with Gasteiger partial charge in [-0.2, -0.15) is 0 Å². The van der Waals surface area contributed by atoms with E-state index in [9.17, 15) is 0 Å². The van der Waals surface area contributed by atoms with Crippen LogP contribution in [0.1, 0.15) is 19.8 Å². The molecule has 10 heavy (non-hydrogen) atoms. The molecule has 0 bridgehead atoms. The van der Waals surface area contributed by atoms with Crippen molar-refractivity contribution < 1.29 is 4.74 Å². The molecule has 2 heteroatoms. The number of rotatable bonds is 2. The van der Waals surface area contributed by atoms with Gasteiger partial charge in [0.1, 0.15) is 0 Å². The molecule has 0 aliphatic carbocycles. The van der Waals surface area contributed by atoms with E-state index in [0.717, 1.165) is 6.42 Å². The summed E-state index contributed by atoms with van der Waals surface area (Å²) in [5.41, 5.74) is 5.30. The highest BCUT2D eigenvalue weighted by Gasteiger charge is 2.18. The maximum absolute atomic E-state index is 5.52. The van der Waals surface area contributed by atoms with E-state index in [1.807, 2.05) is 6.08 Å². The standard InChI is InChI=1S/C8H15NO/c1-7-4-5-8(10-7)3-2-6-9/h2-3,7-8H,4-6,9H2,1H3/b3-2+. The zero-order valence-electron chi connectivity index (χ0n) is 6.42. The molecule has 2 unspecified atom stereocenters. The van der Waals surface area contributed by atoms with Crippen molar-refractivity contribution in [2.24, 2.45) is 5.73 Å². The molecule has 0 spiro atoms. The Hall–Kier alpha value is -0.340. The van der Waals surface area contributed by atoms with Crippen molar-refractivity contribution in [2.75, 3.05) is 6.54 Å². The van der Waals surface area contributed by atoms with Gasteiger partial charge in [-0.1, -0.05) is 12.2 Å². The van der Waals surface area contributed by atoms with E-state index in [1.54, 1.807) is 0 Å². The lowest BCUT2D eigenvalue weighted by Gasteiger charge is -2.04. The zero-order valence-corrected chi connectivity index (χ0v) is 6.42. The minimum Gasteiger partial charge on any atom is -0.371 e. The molecule has 1 aliphatic heterocycles. The molecule has 2 N–H and O–H groups in total. The lowest BCUT2D eigenvalue weighted by molar-refractivity contribution is 0.0832. The van der Waals surface area contributed by atoms with Gasteiger partial charge in [-0.15, -0.1) is 0 Å². The molecule has 0 aromatic rings. The number of ether oxygens (including phenoxy) is 1. The van der Waals surface area contributed by atoms with Crippen molar-refractivity contribution in [1.82, 2.24) is 0 Å². The average molecular weight is 141 g/mol. The third-order valence-electron chi connectivity index (χ3n) is 1.75. The monoisotopic (exact) mass is 141 g/mol. The highest BCUT2D eigenvalue weighted by molar-refractivity contribution is 4.93. The van der Waals surface area contributed by atoms with Crippen LogP contribution in [0.3, 0.4) is 0 Å². The molecule has 0 aromatic heterocycles. The number of nitrogens with two attached hydrogens (primary N) is 1. The molecule has 0 amide bonds. The van der Waals surface area contributed by atoms with E-state index in [2.05, 4.69) is 13.0 Å². The zero-order chi connectivity index (χ0) is 7.40. The molecule has 0 aromatic carbocycles. The Morgan fingerprint density at radius 3 is 2.90 bits per heavy atom. The van der Waals surface area contributed by atoms with Crippen LogP contribution in [0, 0.1) is 0 Å². The lowest BCUT2D eigenvalue weighted by Crippen LogP contribution is -2.05. The molecule has 0 saturated carbocycles. The van der Waals surface area contributed by atoms with Crippen molar-refractivity contribution >= 4 is 0 Å². The molecule has 0 radical (unpaired) electrons. The Kier molecular flexibility index (Phi) is 2.90. The van der Waals surface area contributed by atoms with Crippen LogP contribution < -0.4 is 5.73 Å². The number of hydrogen-bond donors (Lipinski definition) is 1. The van der Waals surface area contributed by atoms with Crippen LogP contribution in [0.15, 0.2) is 12.2 Å². The predicted octanol–water partition coefficient (Wildman–Crippen LogP) is 1.07. The van der Waals surface area contributed by atoms with Crippen LogP contribution >= 0.6 is 0 Å². The van der Waals surface area contributed by atoms with E-state index >= 15 is 0 Å². The molecule has 1 aliphatic rings. The van der Waals surface area contributed by atoms with Crippen LogP contribution in [0.25, 0.3) is 0 Å². The maximum atomic E-state index is 5.52. The molecule has 1 fully saturated rings. The minimum atomic E-state index is 0.332. The topological polar surface area (TPSA) is 35.2 Å². The molecule has 2 nitrogen and oxygen atoms in total. The van der Waals surface area contributed by atoms with Gasteiger partial charge in [0.2, 0.25) is 0 Å². The normalized spacial score (nSPS) is 33.8. The summed E-state index contributed by atoms with van der Waals surface area (Å²) >= 11 is 0. The second kappa shape index (κ2) is 3.74. The lowest BCUT2D eigenvalue weighted by atomic mass is 10.2. The van der Waals surface area contributed by atoms with Crippen LogP contribution in [0.2, 0.25) is 0 Å². The van der Waals surface area contributed by atoms with E-state index < -0.39 is 0 Å². The molecule has 1 saturated heterocycles. The first-order valence-corrected chi connectivity index (χ1v) is 3.85. The Bertz CT molecular complexity index is 122. The highest BCUT2D eigenvalue weighted by Crippen LogP contribution is 2.19. The summed E-state index contributed by atoms with van der Waals surface area (Å²) in [5.74, 6) is 0. The van der Waals surface area contributed by atoms with E-state index in [4.69, 9.17) is 10.5 Å². The van der Waals surface area contributed by atoms with Gasteiger partial charge in [0.15, 0.2) is 0 Å². The second-order valence-corrected chi connectivity index (χ2v) is 2.73. The fourth-order valence-electron chi connectivity index (χ4n) is 1.21. The molecular weight excluding hydrogens is 126 g/mol. The van der Waals surface area contributed by atoms with Gasteiger partial charge >= 0.3 is 0 Å². The van der Waals surface area contributed by atoms with Gasteiger partial charge in [0.25, 0.3) is 0 Å². The summed E-state index contributed by atoms with van der Waals surface area (Å²) in [6.07, 6.45) is 7.12. The Morgan fingerprint density at radius 2 is 2.40 bits per heavy atom. The first-order valence-electron chi connectivity index (χ1n) is 3.85. The third kappa shape index (κ3) is 2.12. The number of hydrogen-bond acceptors (Lipinski definition) is 2. The molecule has 1 rings (SSSR count). The Morgan fingerprint density at radius 1 is 1.60 bits per heavy atom. The van der Waals surface area contributed by atoms with E-state index in [0.29, 0.717) is 18.8 Å². The quantitative estimate of drug-likeness (QED) is 0.584. The fourth-order valence-corrected chi connectivity index (χ4v) is 1.21. The summed E-state index contributed by atoms with van der Waals surface area (Å²) in [7, 11) is 0. The summed E-state index contributed by atoms with van der Waals surface area (Å²) in [6, 6.07) is 0. The van der Waals surface area contributed by atoms with Gasteiger partial charge in [0, 0.05) is 6.54 Å². The second-order valence-electron chi connectivity index (χ2n) is 2.73. The van der Waals surface area contributed by atoms with Crippen LogP contribution in [-0.4, -0.2) is 18.8 Å². The molecule has 58 valence electrons. The Labute approximate surface area is 62.1 Å². The summed E-state index contributed by atoms with van der Waals surface area (Å²) in [4.78, 5) is 0. The van der Waals surface area contributed by atoms with Gasteiger partial charge in [-0.3, -0.25) is 0 Å². The van der Waals surface area contributed by atoms with Crippen molar-refractivity contribution in [3.8, 4) is 0 Å². The van der Waals surface area contributed by atoms with Gasteiger partial charge < -0.3 is 10.5 Å². The van der Waals surface area contributed by atoms with Crippen LogP contribution in [0.5, 0.6) is 0 Å². The third-order valence-corrected chi connectivity index (χ3v) is 1.75. The van der Waals surface area contributed by atoms with E-state index in [-0.39, 0.29) is 0 Å². The molecule has 1 heterocycles. The average Bonchev–Trinajstić information content (AvgIpc) is 2.31. The van der Waals surface area contributed by atoms with Crippen LogP contribution in [0.4, 0.5) is 0 Å². The van der Waals surface area contributed by atoms with E-state index in [1.165, 1.54) is 6.42 Å². The minimum absolute atomic E-state index is 0.332. The molecule has 2 atom stereocenters. The van der Waals surface area contributed by atoms with Crippen LogP contribution in [-0.2, 0) is 4.74 Å².